The van der Waals surface area contributed by atoms with Crippen LogP contribution in [0.2, 0.25) is 0 Å². The molecule has 0 aromatic carbocycles. The van der Waals surface area contributed by atoms with Crippen molar-refractivity contribution in [3.63, 3.8) is 0 Å². The van der Waals surface area contributed by atoms with Crippen molar-refractivity contribution in [1.82, 2.24) is 4.98 Å². The number of allylic oxidation sites excluding steroid dienone is 5. The predicted molar refractivity (Wildman–Crippen MR) is 55.2 cm³/mol. The fraction of sp³-hybridized carbons (Fsp3) is 0.167. The minimum absolute atomic E-state index is 0. The fourth-order valence-electron chi connectivity index (χ4n) is 0.827. The van der Waals surface area contributed by atoms with E-state index in [4.69, 9.17) is 0 Å². The van der Waals surface area contributed by atoms with Gasteiger partial charge in [0.15, 0.2) is 0 Å². The molecule has 0 saturated carbocycles. The maximum Gasteiger partial charge on any atom is 4.00 e. The van der Waals surface area contributed by atoms with Crippen molar-refractivity contribution < 1.29 is 46.5 Å². The van der Waals surface area contributed by atoms with Gasteiger partial charge < -0.3 is 29.8 Å². The van der Waals surface area contributed by atoms with Gasteiger partial charge in [0, 0.05) is 0 Å². The normalized spacial score (nSPS) is 10.5. The van der Waals surface area contributed by atoms with E-state index in [-0.39, 0.29) is 46.5 Å². The minimum atomic E-state index is 0. The van der Waals surface area contributed by atoms with Crippen molar-refractivity contribution in [3.8, 4) is 0 Å². The molecule has 84 valence electrons. The molecule has 0 atom stereocenters. The first kappa shape index (κ1) is 21.1. The first-order valence-corrected chi connectivity index (χ1v) is 4.17. The largest absolute Gasteiger partial charge is 4.00 e. The van der Waals surface area contributed by atoms with E-state index in [0.717, 1.165) is 5.57 Å². The Morgan fingerprint density at radius 2 is 1.88 bits per heavy atom. The Hall–Kier alpha value is -0.206. The molecule has 0 amide bonds. The molecule has 0 unspecified atom stereocenters. The Bertz CT molecular complexity index is 323. The Morgan fingerprint density at radius 3 is 2.00 bits per heavy atom. The second-order valence-corrected chi connectivity index (χ2v) is 2.92. The van der Waals surface area contributed by atoms with Gasteiger partial charge >= 0.3 is 21.7 Å². The smallest absolute Gasteiger partial charge is 1.00 e. The van der Waals surface area contributed by atoms with Crippen LogP contribution in [0.25, 0.3) is 0 Å². The fourth-order valence-corrected chi connectivity index (χ4v) is 0.827. The standard InChI is InChI=1S/C6H8N.C6H5.2ClH.Ti/c1-5-3-7-4-6(5)2;1-6-4-2-3-5-6;;;/h3,7H,1-2H3;2-4H,1H2;2*1H;/q2*-1;;;+4/p-2. The molecular weight excluding hydrogens is 277 g/mol. The molecule has 0 fully saturated rings. The average Bonchev–Trinajstić information content (AvgIpc) is 2.67. The molecule has 1 aliphatic carbocycles. The number of halogens is 2. The van der Waals surface area contributed by atoms with Gasteiger partial charge in [-0.3, -0.25) is 0 Å². The topological polar surface area (TPSA) is 15.8 Å². The van der Waals surface area contributed by atoms with Gasteiger partial charge in [-0.1, -0.05) is 13.8 Å². The van der Waals surface area contributed by atoms with Gasteiger partial charge in [-0.2, -0.15) is 41.5 Å². The van der Waals surface area contributed by atoms with Crippen LogP contribution in [0.1, 0.15) is 11.1 Å². The number of H-pyrrole nitrogens is 1. The van der Waals surface area contributed by atoms with E-state index >= 15 is 0 Å². The van der Waals surface area contributed by atoms with E-state index in [1.165, 1.54) is 11.1 Å². The number of nitrogens with one attached hydrogen (secondary N) is 1. The summed E-state index contributed by atoms with van der Waals surface area (Å²) in [7, 11) is 0. The maximum atomic E-state index is 3.62. The zero-order chi connectivity index (χ0) is 9.68. The summed E-state index contributed by atoms with van der Waals surface area (Å²) < 4.78 is 0. The van der Waals surface area contributed by atoms with Crippen LogP contribution in [-0.2, 0) is 21.7 Å². The summed E-state index contributed by atoms with van der Waals surface area (Å²) in [6, 6.07) is 0. The van der Waals surface area contributed by atoms with E-state index < -0.39 is 0 Å². The minimum Gasteiger partial charge on any atom is -1.00 e. The summed E-state index contributed by atoms with van der Waals surface area (Å²) >= 11 is 0. The number of aryl methyl sites for hydroxylation is 2. The van der Waals surface area contributed by atoms with Crippen molar-refractivity contribution in [2.24, 2.45) is 0 Å². The number of aromatic amines is 1. The molecule has 0 aliphatic heterocycles. The van der Waals surface area contributed by atoms with Gasteiger partial charge in [-0.05, 0) is 0 Å². The van der Waals surface area contributed by atoms with Crippen molar-refractivity contribution in [1.29, 1.82) is 0 Å². The van der Waals surface area contributed by atoms with Crippen molar-refractivity contribution >= 4 is 0 Å². The summed E-state index contributed by atoms with van der Waals surface area (Å²) in [5, 5.41) is 0. The molecular formula is C12H13Cl2NTi. The molecule has 1 nitrogen and oxygen atoms in total. The molecule has 1 N–H and O–H groups in total. The van der Waals surface area contributed by atoms with Gasteiger partial charge in [0.05, 0.1) is 0 Å². The van der Waals surface area contributed by atoms with Gasteiger partial charge in [0.2, 0.25) is 0 Å². The zero-order valence-electron chi connectivity index (χ0n) is 9.27. The summed E-state index contributed by atoms with van der Waals surface area (Å²) in [4.78, 5) is 2.87. The van der Waals surface area contributed by atoms with Gasteiger partial charge in [0.1, 0.15) is 0 Å². The second kappa shape index (κ2) is 11.3. The Morgan fingerprint density at radius 1 is 1.25 bits per heavy atom. The van der Waals surface area contributed by atoms with Crippen LogP contribution in [0.4, 0.5) is 0 Å². The molecule has 0 radical (unpaired) electrons. The first-order valence-electron chi connectivity index (χ1n) is 4.17. The Kier molecular flexibility index (Phi) is 14.9. The van der Waals surface area contributed by atoms with Crippen LogP contribution < -0.4 is 24.8 Å². The van der Waals surface area contributed by atoms with Crippen molar-refractivity contribution in [3.05, 3.63) is 60.0 Å². The van der Waals surface area contributed by atoms with Crippen LogP contribution in [0, 0.1) is 26.1 Å². The summed E-state index contributed by atoms with van der Waals surface area (Å²) in [5.41, 5.74) is 3.45. The predicted octanol–water partition coefficient (Wildman–Crippen LogP) is -3.09. The molecule has 0 spiro atoms. The van der Waals surface area contributed by atoms with Crippen LogP contribution >= 0.6 is 0 Å². The molecule has 0 saturated heterocycles. The molecule has 0 bridgehead atoms. The van der Waals surface area contributed by atoms with Gasteiger partial charge in [-0.25, -0.2) is 0 Å². The Balaban J connectivity index is -0.000000179. The number of hydrogen-bond donors (Lipinski definition) is 1. The second-order valence-electron chi connectivity index (χ2n) is 2.92. The molecule has 16 heavy (non-hydrogen) atoms. The van der Waals surface area contributed by atoms with Gasteiger partial charge in [0.25, 0.3) is 0 Å². The van der Waals surface area contributed by atoms with E-state index in [9.17, 15) is 0 Å². The third-order valence-corrected chi connectivity index (χ3v) is 1.80. The molecule has 1 heterocycles. The average molecular weight is 290 g/mol. The molecule has 2 rings (SSSR count). The van der Waals surface area contributed by atoms with Gasteiger partial charge in [-0.15, -0.1) is 18.5 Å². The third-order valence-electron chi connectivity index (χ3n) is 1.80. The van der Waals surface area contributed by atoms with Crippen LogP contribution in [-0.4, -0.2) is 4.98 Å². The monoisotopic (exact) mass is 289 g/mol. The maximum absolute atomic E-state index is 3.62. The number of aromatic nitrogens is 1. The number of rotatable bonds is 0. The molecule has 1 aromatic heterocycles. The van der Waals surface area contributed by atoms with Crippen LogP contribution in [0.5, 0.6) is 0 Å². The SMILES string of the molecule is C=C1[C-]=CC=C1.Cc1[c-][nH]cc1C.[Cl-].[Cl-].[Ti+4]. The van der Waals surface area contributed by atoms with E-state index in [1.807, 2.05) is 31.3 Å². The molecule has 4 heteroatoms. The first-order chi connectivity index (χ1) is 6.20. The van der Waals surface area contributed by atoms with Crippen LogP contribution in [0.15, 0.2) is 36.6 Å². The molecule has 1 aliphatic rings. The summed E-state index contributed by atoms with van der Waals surface area (Å²) in [5.74, 6) is 0. The zero-order valence-corrected chi connectivity index (χ0v) is 12.3. The summed E-state index contributed by atoms with van der Waals surface area (Å²) in [6.07, 6.45) is 13.5. The van der Waals surface area contributed by atoms with E-state index in [2.05, 4.69) is 30.8 Å². The number of hydrogen-bond acceptors (Lipinski definition) is 0. The summed E-state index contributed by atoms with van der Waals surface area (Å²) in [6.45, 7) is 7.72. The van der Waals surface area contributed by atoms with E-state index in [0.29, 0.717) is 0 Å². The Labute approximate surface area is 125 Å². The quantitative estimate of drug-likeness (QED) is 0.385. The van der Waals surface area contributed by atoms with E-state index in [1.54, 1.807) is 0 Å². The molecule has 1 aromatic rings. The third kappa shape index (κ3) is 8.01. The van der Waals surface area contributed by atoms with Crippen molar-refractivity contribution in [2.75, 3.05) is 0 Å². The van der Waals surface area contributed by atoms with Crippen LogP contribution in [0.3, 0.4) is 0 Å². The van der Waals surface area contributed by atoms with Crippen molar-refractivity contribution in [2.45, 2.75) is 13.8 Å².